The molecule has 1 saturated carbocycles. The molecule has 1 fully saturated rings. The Morgan fingerprint density at radius 2 is 2.00 bits per heavy atom. The summed E-state index contributed by atoms with van der Waals surface area (Å²) in [5, 5.41) is 8.93. The van der Waals surface area contributed by atoms with Crippen LogP contribution in [0.25, 0.3) is 0 Å². The molecule has 0 aromatic carbocycles. The van der Waals surface area contributed by atoms with Crippen LogP contribution in [-0.4, -0.2) is 35.5 Å². The van der Waals surface area contributed by atoms with E-state index in [1.54, 1.807) is 13.1 Å². The lowest BCUT2D eigenvalue weighted by molar-refractivity contribution is -0.141. The van der Waals surface area contributed by atoms with Gasteiger partial charge in [0, 0.05) is 13.6 Å². The summed E-state index contributed by atoms with van der Waals surface area (Å²) < 4.78 is 0. The Morgan fingerprint density at radius 1 is 1.47 bits per heavy atom. The summed E-state index contributed by atoms with van der Waals surface area (Å²) in [6.07, 6.45) is 1.63. The van der Waals surface area contributed by atoms with Crippen molar-refractivity contribution in [3.63, 3.8) is 0 Å². The van der Waals surface area contributed by atoms with Gasteiger partial charge < -0.3 is 10.0 Å². The number of carbonyl (C=O) groups excluding carboxylic acids is 1. The molecule has 84 valence electrons. The van der Waals surface area contributed by atoms with Gasteiger partial charge in [0.2, 0.25) is 5.91 Å². The molecule has 0 aromatic heterocycles. The van der Waals surface area contributed by atoms with Crippen LogP contribution in [0.1, 0.15) is 13.8 Å². The topological polar surface area (TPSA) is 57.6 Å². The minimum absolute atomic E-state index is 0.104. The van der Waals surface area contributed by atoms with Crippen LogP contribution in [0.3, 0.4) is 0 Å². The summed E-state index contributed by atoms with van der Waals surface area (Å²) in [4.78, 5) is 24.2. The quantitative estimate of drug-likeness (QED) is 0.705. The van der Waals surface area contributed by atoms with Crippen molar-refractivity contribution < 1.29 is 14.7 Å². The van der Waals surface area contributed by atoms with E-state index in [1.807, 2.05) is 13.8 Å². The molecule has 0 radical (unpaired) electrons. The van der Waals surface area contributed by atoms with Gasteiger partial charge in [-0.3, -0.25) is 9.59 Å². The zero-order chi connectivity index (χ0) is 11.8. The number of nitrogens with zero attached hydrogens (tertiary/aromatic N) is 1. The van der Waals surface area contributed by atoms with Gasteiger partial charge in [-0.05, 0) is 5.41 Å². The second-order valence-electron chi connectivity index (χ2n) is 4.62. The first-order valence-electron chi connectivity index (χ1n) is 4.92. The molecule has 4 nitrogen and oxygen atoms in total. The molecule has 15 heavy (non-hydrogen) atoms. The average molecular weight is 211 g/mol. The number of likely N-dealkylation sites (N-methyl/N-ethyl adjacent to an activating group) is 1. The maximum atomic E-state index is 11.8. The van der Waals surface area contributed by atoms with Gasteiger partial charge in [-0.25, -0.2) is 0 Å². The Balaban J connectivity index is 2.71. The third-order valence-corrected chi connectivity index (χ3v) is 3.14. The highest BCUT2D eigenvalue weighted by atomic mass is 16.4. The van der Waals surface area contributed by atoms with Crippen LogP contribution in [0.15, 0.2) is 12.7 Å². The molecule has 0 spiro atoms. The molecule has 0 aliphatic heterocycles. The monoisotopic (exact) mass is 211 g/mol. The van der Waals surface area contributed by atoms with E-state index < -0.39 is 17.3 Å². The fourth-order valence-corrected chi connectivity index (χ4v) is 2.08. The van der Waals surface area contributed by atoms with Crippen molar-refractivity contribution >= 4 is 11.9 Å². The molecule has 0 saturated heterocycles. The minimum atomic E-state index is -0.884. The summed E-state index contributed by atoms with van der Waals surface area (Å²) in [5.41, 5.74) is -0.418. The average Bonchev–Trinajstić information content (AvgIpc) is 2.68. The number of amides is 1. The van der Waals surface area contributed by atoms with Gasteiger partial charge in [0.25, 0.3) is 0 Å². The van der Waals surface area contributed by atoms with Gasteiger partial charge in [0.05, 0.1) is 11.8 Å². The number of aliphatic carboxylic acids is 1. The zero-order valence-electron chi connectivity index (χ0n) is 9.36. The van der Waals surface area contributed by atoms with E-state index in [-0.39, 0.29) is 11.8 Å². The zero-order valence-corrected chi connectivity index (χ0v) is 9.36. The molecule has 1 aliphatic rings. The molecule has 2 atom stereocenters. The molecule has 0 aromatic rings. The van der Waals surface area contributed by atoms with Gasteiger partial charge >= 0.3 is 5.97 Å². The van der Waals surface area contributed by atoms with E-state index in [4.69, 9.17) is 5.11 Å². The van der Waals surface area contributed by atoms with Crippen molar-refractivity contribution in [2.24, 2.45) is 17.3 Å². The van der Waals surface area contributed by atoms with Gasteiger partial charge in [-0.2, -0.15) is 0 Å². The SMILES string of the molecule is C=CCN(C)C(=O)C1C(C(=O)O)C1(C)C. The molecule has 1 N–H and O–H groups in total. The molecular weight excluding hydrogens is 194 g/mol. The summed E-state index contributed by atoms with van der Waals surface area (Å²) in [6, 6.07) is 0. The van der Waals surface area contributed by atoms with Crippen LogP contribution in [0.2, 0.25) is 0 Å². The van der Waals surface area contributed by atoms with Crippen LogP contribution < -0.4 is 0 Å². The Morgan fingerprint density at radius 3 is 2.33 bits per heavy atom. The summed E-state index contributed by atoms with van der Waals surface area (Å²) in [7, 11) is 1.66. The standard InChI is InChI=1S/C11H17NO3/c1-5-6-12(4)9(13)7-8(10(14)15)11(7,2)3/h5,7-8H,1,6H2,2-4H3,(H,14,15). The van der Waals surface area contributed by atoms with Gasteiger partial charge in [0.15, 0.2) is 0 Å². The van der Waals surface area contributed by atoms with Gasteiger partial charge in [-0.1, -0.05) is 19.9 Å². The Bertz CT molecular complexity index is 309. The fourth-order valence-electron chi connectivity index (χ4n) is 2.08. The van der Waals surface area contributed by atoms with E-state index in [0.29, 0.717) is 6.54 Å². The van der Waals surface area contributed by atoms with E-state index in [9.17, 15) is 9.59 Å². The largest absolute Gasteiger partial charge is 0.481 e. The highest BCUT2D eigenvalue weighted by Gasteiger charge is 2.66. The predicted molar refractivity (Wildman–Crippen MR) is 56.2 cm³/mol. The number of hydrogen-bond acceptors (Lipinski definition) is 2. The summed E-state index contributed by atoms with van der Waals surface area (Å²) in [6.45, 7) is 7.63. The van der Waals surface area contributed by atoms with Crippen molar-refractivity contribution in [2.75, 3.05) is 13.6 Å². The first kappa shape index (κ1) is 11.8. The molecule has 0 heterocycles. The smallest absolute Gasteiger partial charge is 0.307 e. The second kappa shape index (κ2) is 3.68. The van der Waals surface area contributed by atoms with E-state index in [1.165, 1.54) is 4.90 Å². The van der Waals surface area contributed by atoms with Crippen molar-refractivity contribution in [1.82, 2.24) is 4.90 Å². The number of rotatable bonds is 4. The summed E-state index contributed by atoms with van der Waals surface area (Å²) >= 11 is 0. The van der Waals surface area contributed by atoms with Gasteiger partial charge in [-0.15, -0.1) is 6.58 Å². The molecule has 1 aliphatic carbocycles. The van der Waals surface area contributed by atoms with Crippen molar-refractivity contribution in [1.29, 1.82) is 0 Å². The van der Waals surface area contributed by atoms with Crippen LogP contribution in [0.4, 0.5) is 0 Å². The van der Waals surface area contributed by atoms with Crippen molar-refractivity contribution in [3.05, 3.63) is 12.7 Å². The van der Waals surface area contributed by atoms with Crippen molar-refractivity contribution in [2.45, 2.75) is 13.8 Å². The first-order chi connectivity index (χ1) is 6.84. The second-order valence-corrected chi connectivity index (χ2v) is 4.62. The predicted octanol–water partition coefficient (Wildman–Crippen LogP) is 0.988. The highest BCUT2D eigenvalue weighted by Crippen LogP contribution is 2.58. The molecule has 4 heteroatoms. The Hall–Kier alpha value is -1.32. The minimum Gasteiger partial charge on any atom is -0.481 e. The van der Waals surface area contributed by atoms with Crippen molar-refractivity contribution in [3.8, 4) is 0 Å². The molecule has 2 unspecified atom stereocenters. The Kier molecular flexibility index (Phi) is 2.88. The number of hydrogen-bond donors (Lipinski definition) is 1. The maximum Gasteiger partial charge on any atom is 0.307 e. The molecule has 0 bridgehead atoms. The molecule has 1 rings (SSSR count). The number of carbonyl (C=O) groups is 2. The van der Waals surface area contributed by atoms with E-state index in [2.05, 4.69) is 6.58 Å². The molecule has 1 amide bonds. The number of carboxylic acid groups (broad SMARTS) is 1. The fraction of sp³-hybridized carbons (Fsp3) is 0.636. The first-order valence-corrected chi connectivity index (χ1v) is 4.92. The van der Waals surface area contributed by atoms with Gasteiger partial charge in [0.1, 0.15) is 0 Å². The summed E-state index contributed by atoms with van der Waals surface area (Å²) in [5.74, 6) is -1.92. The lowest BCUT2D eigenvalue weighted by atomic mass is 10.1. The van der Waals surface area contributed by atoms with Crippen LogP contribution in [0.5, 0.6) is 0 Å². The third kappa shape index (κ3) is 1.89. The normalized spacial score (nSPS) is 26.9. The highest BCUT2D eigenvalue weighted by molar-refractivity contribution is 5.91. The van der Waals surface area contributed by atoms with Crippen LogP contribution in [0, 0.1) is 17.3 Å². The number of carboxylic acids is 1. The van der Waals surface area contributed by atoms with Crippen LogP contribution in [-0.2, 0) is 9.59 Å². The van der Waals surface area contributed by atoms with E-state index >= 15 is 0 Å². The van der Waals surface area contributed by atoms with Crippen LogP contribution >= 0.6 is 0 Å². The third-order valence-electron chi connectivity index (χ3n) is 3.14. The maximum absolute atomic E-state index is 11.8. The Labute approximate surface area is 89.6 Å². The lowest BCUT2D eigenvalue weighted by Gasteiger charge is -2.15. The molecular formula is C11H17NO3. The lowest BCUT2D eigenvalue weighted by Crippen LogP contribution is -2.30. The van der Waals surface area contributed by atoms with E-state index in [0.717, 1.165) is 0 Å².